The molecule has 18 heavy (non-hydrogen) atoms. The van der Waals surface area contributed by atoms with E-state index in [2.05, 4.69) is 12.0 Å². The second kappa shape index (κ2) is 5.52. The fourth-order valence-electron chi connectivity index (χ4n) is 2.11. The van der Waals surface area contributed by atoms with Gasteiger partial charge in [0.1, 0.15) is 6.04 Å². The van der Waals surface area contributed by atoms with E-state index in [0.717, 1.165) is 37.8 Å². The van der Waals surface area contributed by atoms with Crippen LogP contribution in [-0.2, 0) is 11.8 Å². The summed E-state index contributed by atoms with van der Waals surface area (Å²) < 4.78 is 1.68. The summed E-state index contributed by atoms with van der Waals surface area (Å²) in [5.74, 6) is 0.0407. The standard InChI is InChI=1S/C13H22N4O/c1-3-4-7-17(11-5-6-11)13(18)12(14)10-8-15-16(2)9-10/h8-9,11-12H,3-7,14H2,1-2H3. The highest BCUT2D eigenvalue weighted by Gasteiger charge is 2.34. The van der Waals surface area contributed by atoms with Crippen molar-refractivity contribution in [1.29, 1.82) is 0 Å². The zero-order valence-electron chi connectivity index (χ0n) is 11.2. The summed E-state index contributed by atoms with van der Waals surface area (Å²) in [6.07, 6.45) is 7.87. The zero-order valence-corrected chi connectivity index (χ0v) is 11.2. The largest absolute Gasteiger partial charge is 0.338 e. The molecule has 0 radical (unpaired) electrons. The topological polar surface area (TPSA) is 64.2 Å². The van der Waals surface area contributed by atoms with Crippen molar-refractivity contribution in [2.75, 3.05) is 6.54 Å². The van der Waals surface area contributed by atoms with Gasteiger partial charge in [-0.05, 0) is 19.3 Å². The molecule has 1 aliphatic carbocycles. The molecule has 1 atom stereocenters. The van der Waals surface area contributed by atoms with Gasteiger partial charge in [-0.2, -0.15) is 5.10 Å². The fourth-order valence-corrected chi connectivity index (χ4v) is 2.11. The predicted molar refractivity (Wildman–Crippen MR) is 69.8 cm³/mol. The summed E-state index contributed by atoms with van der Waals surface area (Å²) in [7, 11) is 1.83. The van der Waals surface area contributed by atoms with Crippen LogP contribution in [0.3, 0.4) is 0 Å². The van der Waals surface area contributed by atoms with Crippen molar-refractivity contribution in [1.82, 2.24) is 14.7 Å². The Labute approximate surface area is 108 Å². The molecular formula is C13H22N4O. The van der Waals surface area contributed by atoms with E-state index in [1.165, 1.54) is 0 Å². The smallest absolute Gasteiger partial charge is 0.244 e. The number of nitrogens with two attached hydrogens (primary N) is 1. The van der Waals surface area contributed by atoms with Crippen LogP contribution in [0.1, 0.15) is 44.2 Å². The highest BCUT2D eigenvalue weighted by atomic mass is 16.2. The molecule has 1 unspecified atom stereocenters. The summed E-state index contributed by atoms with van der Waals surface area (Å²) in [4.78, 5) is 14.4. The Balaban J connectivity index is 2.03. The third kappa shape index (κ3) is 2.90. The van der Waals surface area contributed by atoms with Gasteiger partial charge in [-0.15, -0.1) is 0 Å². The molecule has 1 heterocycles. The number of hydrogen-bond acceptors (Lipinski definition) is 3. The van der Waals surface area contributed by atoms with Gasteiger partial charge in [-0.1, -0.05) is 13.3 Å². The molecule has 1 aliphatic rings. The lowest BCUT2D eigenvalue weighted by Crippen LogP contribution is -2.40. The lowest BCUT2D eigenvalue weighted by atomic mass is 10.1. The van der Waals surface area contributed by atoms with Gasteiger partial charge in [0.15, 0.2) is 0 Å². The minimum Gasteiger partial charge on any atom is -0.338 e. The molecule has 1 fully saturated rings. The van der Waals surface area contributed by atoms with Crippen molar-refractivity contribution in [3.63, 3.8) is 0 Å². The van der Waals surface area contributed by atoms with Crippen LogP contribution in [0.15, 0.2) is 12.4 Å². The monoisotopic (exact) mass is 250 g/mol. The van der Waals surface area contributed by atoms with E-state index in [4.69, 9.17) is 5.73 Å². The number of rotatable bonds is 6. The Morgan fingerprint density at radius 2 is 2.39 bits per heavy atom. The quantitative estimate of drug-likeness (QED) is 0.825. The van der Waals surface area contributed by atoms with Gasteiger partial charge in [0.2, 0.25) is 5.91 Å². The van der Waals surface area contributed by atoms with Gasteiger partial charge in [0.05, 0.1) is 6.20 Å². The maximum atomic E-state index is 12.4. The number of aromatic nitrogens is 2. The highest BCUT2D eigenvalue weighted by molar-refractivity contribution is 5.83. The first-order valence-electron chi connectivity index (χ1n) is 6.68. The lowest BCUT2D eigenvalue weighted by molar-refractivity contribution is -0.133. The molecule has 0 aliphatic heterocycles. The fraction of sp³-hybridized carbons (Fsp3) is 0.692. The zero-order chi connectivity index (χ0) is 13.1. The molecule has 2 N–H and O–H groups in total. The molecule has 0 saturated heterocycles. The van der Waals surface area contributed by atoms with Crippen LogP contribution in [-0.4, -0.2) is 33.2 Å². The Bertz CT molecular complexity index is 411. The number of aryl methyl sites for hydroxylation is 1. The Morgan fingerprint density at radius 3 is 2.89 bits per heavy atom. The molecule has 100 valence electrons. The molecule has 0 bridgehead atoms. The normalized spacial score (nSPS) is 16.6. The minimum absolute atomic E-state index is 0.0407. The Kier molecular flexibility index (Phi) is 4.01. The van der Waals surface area contributed by atoms with Crippen LogP contribution in [0, 0.1) is 0 Å². The van der Waals surface area contributed by atoms with Gasteiger partial charge < -0.3 is 10.6 Å². The van der Waals surface area contributed by atoms with Crippen molar-refractivity contribution < 1.29 is 4.79 Å². The molecule has 1 saturated carbocycles. The van der Waals surface area contributed by atoms with E-state index in [-0.39, 0.29) is 5.91 Å². The third-order valence-electron chi connectivity index (χ3n) is 3.37. The first kappa shape index (κ1) is 13.1. The van der Waals surface area contributed by atoms with Gasteiger partial charge in [0, 0.05) is 31.4 Å². The van der Waals surface area contributed by atoms with Crippen molar-refractivity contribution >= 4 is 5.91 Å². The van der Waals surface area contributed by atoms with E-state index < -0.39 is 6.04 Å². The maximum Gasteiger partial charge on any atom is 0.244 e. The van der Waals surface area contributed by atoms with E-state index in [9.17, 15) is 4.79 Å². The van der Waals surface area contributed by atoms with E-state index in [0.29, 0.717) is 6.04 Å². The average Bonchev–Trinajstić information content (AvgIpc) is 3.10. The van der Waals surface area contributed by atoms with Crippen LogP contribution in [0.5, 0.6) is 0 Å². The number of unbranched alkanes of at least 4 members (excludes halogenated alkanes) is 1. The lowest BCUT2D eigenvalue weighted by Gasteiger charge is -2.25. The van der Waals surface area contributed by atoms with Gasteiger partial charge >= 0.3 is 0 Å². The number of nitrogens with zero attached hydrogens (tertiary/aromatic N) is 3. The molecule has 5 nitrogen and oxygen atoms in total. The third-order valence-corrected chi connectivity index (χ3v) is 3.37. The molecule has 1 aromatic heterocycles. The summed E-state index contributed by atoms with van der Waals surface area (Å²) >= 11 is 0. The molecule has 0 aromatic carbocycles. The highest BCUT2D eigenvalue weighted by Crippen LogP contribution is 2.29. The number of carbonyl (C=O) groups is 1. The van der Waals surface area contributed by atoms with E-state index in [1.54, 1.807) is 10.9 Å². The number of amides is 1. The summed E-state index contributed by atoms with van der Waals surface area (Å²) in [6, 6.07) is -0.150. The summed E-state index contributed by atoms with van der Waals surface area (Å²) in [6.45, 7) is 2.96. The molecule has 1 amide bonds. The van der Waals surface area contributed by atoms with Crippen molar-refractivity contribution in [3.05, 3.63) is 18.0 Å². The minimum atomic E-state index is -0.573. The molecule has 1 aromatic rings. The van der Waals surface area contributed by atoms with Crippen LogP contribution in [0.25, 0.3) is 0 Å². The summed E-state index contributed by atoms with van der Waals surface area (Å²) in [5, 5.41) is 4.07. The number of carbonyl (C=O) groups excluding carboxylic acids is 1. The first-order valence-corrected chi connectivity index (χ1v) is 6.68. The van der Waals surface area contributed by atoms with Crippen LogP contribution >= 0.6 is 0 Å². The number of hydrogen-bond donors (Lipinski definition) is 1. The molecular weight excluding hydrogens is 228 g/mol. The van der Waals surface area contributed by atoms with Crippen molar-refractivity contribution in [2.24, 2.45) is 12.8 Å². The van der Waals surface area contributed by atoms with Crippen molar-refractivity contribution in [2.45, 2.75) is 44.7 Å². The Hall–Kier alpha value is -1.36. The first-order chi connectivity index (χ1) is 8.63. The average molecular weight is 250 g/mol. The summed E-state index contributed by atoms with van der Waals surface area (Å²) in [5.41, 5.74) is 6.84. The second-order valence-electron chi connectivity index (χ2n) is 5.04. The van der Waals surface area contributed by atoms with Crippen LogP contribution in [0.2, 0.25) is 0 Å². The molecule has 2 rings (SSSR count). The van der Waals surface area contributed by atoms with Crippen LogP contribution in [0.4, 0.5) is 0 Å². The second-order valence-corrected chi connectivity index (χ2v) is 5.04. The predicted octanol–water partition coefficient (Wildman–Crippen LogP) is 1.21. The molecule has 0 spiro atoms. The van der Waals surface area contributed by atoms with Crippen molar-refractivity contribution in [3.8, 4) is 0 Å². The van der Waals surface area contributed by atoms with Gasteiger partial charge in [-0.25, -0.2) is 0 Å². The van der Waals surface area contributed by atoms with E-state index in [1.807, 2.05) is 18.1 Å². The van der Waals surface area contributed by atoms with Crippen LogP contribution < -0.4 is 5.73 Å². The molecule has 5 heteroatoms. The Morgan fingerprint density at radius 1 is 1.67 bits per heavy atom. The maximum absolute atomic E-state index is 12.4. The van der Waals surface area contributed by atoms with Gasteiger partial charge in [-0.3, -0.25) is 9.48 Å². The van der Waals surface area contributed by atoms with Gasteiger partial charge in [0.25, 0.3) is 0 Å². The van der Waals surface area contributed by atoms with E-state index >= 15 is 0 Å². The SMILES string of the molecule is CCCCN(C(=O)C(N)c1cnn(C)c1)C1CC1.